The molecule has 0 radical (unpaired) electrons. The third-order valence-corrected chi connectivity index (χ3v) is 3.40. The number of nitriles is 1. The molecule has 2 atom stereocenters. The van der Waals surface area contributed by atoms with E-state index < -0.39 is 0 Å². The molecule has 1 aliphatic heterocycles. The molecule has 3 heteroatoms. The Balaban J connectivity index is 2.58. The van der Waals surface area contributed by atoms with Gasteiger partial charge in [-0.2, -0.15) is 5.26 Å². The first-order chi connectivity index (χ1) is 7.20. The van der Waals surface area contributed by atoms with Crippen LogP contribution >= 0.6 is 0 Å². The first-order valence-corrected chi connectivity index (χ1v) is 6.04. The van der Waals surface area contributed by atoms with E-state index in [2.05, 4.69) is 37.1 Å². The van der Waals surface area contributed by atoms with Gasteiger partial charge in [-0.1, -0.05) is 13.3 Å². The summed E-state index contributed by atoms with van der Waals surface area (Å²) in [5.41, 5.74) is 0. The van der Waals surface area contributed by atoms with Gasteiger partial charge < -0.3 is 5.32 Å². The van der Waals surface area contributed by atoms with Gasteiger partial charge in [0.1, 0.15) is 0 Å². The monoisotopic (exact) mass is 209 g/mol. The third kappa shape index (κ3) is 3.19. The summed E-state index contributed by atoms with van der Waals surface area (Å²) in [4.78, 5) is 2.48. The Morgan fingerprint density at radius 3 is 2.73 bits per heavy atom. The predicted octanol–water partition coefficient (Wildman–Crippen LogP) is 1.61. The van der Waals surface area contributed by atoms with Crippen molar-refractivity contribution < 1.29 is 0 Å². The van der Waals surface area contributed by atoms with Crippen LogP contribution < -0.4 is 5.32 Å². The van der Waals surface area contributed by atoms with Crippen LogP contribution in [0.15, 0.2) is 0 Å². The van der Waals surface area contributed by atoms with Crippen molar-refractivity contribution in [3.63, 3.8) is 0 Å². The van der Waals surface area contributed by atoms with Crippen LogP contribution in [0.3, 0.4) is 0 Å². The Hall–Kier alpha value is -0.590. The van der Waals surface area contributed by atoms with Gasteiger partial charge >= 0.3 is 0 Å². The van der Waals surface area contributed by atoms with Gasteiger partial charge in [0, 0.05) is 31.6 Å². The highest BCUT2D eigenvalue weighted by Crippen LogP contribution is 2.21. The van der Waals surface area contributed by atoms with Gasteiger partial charge in [-0.25, -0.2) is 0 Å². The number of hydrogen-bond acceptors (Lipinski definition) is 3. The van der Waals surface area contributed by atoms with Crippen molar-refractivity contribution in [1.82, 2.24) is 10.2 Å². The molecule has 3 nitrogen and oxygen atoms in total. The lowest BCUT2D eigenvalue weighted by Crippen LogP contribution is -2.45. The van der Waals surface area contributed by atoms with Crippen molar-refractivity contribution in [2.45, 2.75) is 45.7 Å². The Morgan fingerprint density at radius 2 is 2.20 bits per heavy atom. The summed E-state index contributed by atoms with van der Waals surface area (Å²) in [6.07, 6.45) is 1.87. The highest BCUT2D eigenvalue weighted by atomic mass is 15.2. The molecule has 1 aliphatic rings. The average molecular weight is 209 g/mol. The smallest absolute Gasteiger partial charge is 0.0635 e. The quantitative estimate of drug-likeness (QED) is 0.747. The first-order valence-electron chi connectivity index (χ1n) is 6.04. The molecule has 0 aromatic carbocycles. The number of hydrogen-bond donors (Lipinski definition) is 1. The second kappa shape index (κ2) is 6.09. The maximum atomic E-state index is 8.67. The average Bonchev–Trinajstić information content (AvgIpc) is 2.66. The molecule has 1 N–H and O–H groups in total. The summed E-state index contributed by atoms with van der Waals surface area (Å²) in [7, 11) is 0. The van der Waals surface area contributed by atoms with Crippen molar-refractivity contribution >= 4 is 0 Å². The largest absolute Gasteiger partial charge is 0.315 e. The van der Waals surface area contributed by atoms with Crippen molar-refractivity contribution in [2.24, 2.45) is 5.92 Å². The Kier molecular flexibility index (Phi) is 5.07. The lowest BCUT2D eigenvalue weighted by Gasteiger charge is -2.34. The molecule has 1 rings (SSSR count). The van der Waals surface area contributed by atoms with E-state index in [1.807, 2.05) is 0 Å². The van der Waals surface area contributed by atoms with E-state index in [-0.39, 0.29) is 0 Å². The summed E-state index contributed by atoms with van der Waals surface area (Å²) in [5.74, 6) is 0.756. The predicted molar refractivity (Wildman–Crippen MR) is 62.5 cm³/mol. The van der Waals surface area contributed by atoms with Gasteiger partial charge in [0.15, 0.2) is 0 Å². The second-order valence-corrected chi connectivity index (χ2v) is 4.63. The molecule has 0 bridgehead atoms. The maximum Gasteiger partial charge on any atom is 0.0635 e. The van der Waals surface area contributed by atoms with E-state index >= 15 is 0 Å². The Morgan fingerprint density at radius 1 is 1.47 bits per heavy atom. The van der Waals surface area contributed by atoms with Crippen molar-refractivity contribution in [3.8, 4) is 6.07 Å². The normalized spacial score (nSPS) is 26.1. The molecule has 0 aromatic rings. The SMILES string of the molecule is CCC1CNCC1N(CCC#N)C(C)C. The molecule has 0 amide bonds. The van der Waals surface area contributed by atoms with E-state index in [4.69, 9.17) is 5.26 Å². The fraction of sp³-hybridized carbons (Fsp3) is 0.917. The van der Waals surface area contributed by atoms with Crippen LogP contribution in [0.25, 0.3) is 0 Å². The molecule has 1 heterocycles. The van der Waals surface area contributed by atoms with Gasteiger partial charge in [0.25, 0.3) is 0 Å². The number of nitrogens with one attached hydrogen (secondary N) is 1. The molecule has 15 heavy (non-hydrogen) atoms. The standard InChI is InChI=1S/C12H23N3/c1-4-11-8-14-9-12(11)15(10(2)3)7-5-6-13/h10-12,14H,4-5,7-9H2,1-3H3. The van der Waals surface area contributed by atoms with Crippen molar-refractivity contribution in [1.29, 1.82) is 5.26 Å². The van der Waals surface area contributed by atoms with E-state index in [9.17, 15) is 0 Å². The molecular formula is C12H23N3. The van der Waals surface area contributed by atoms with Crippen LogP contribution in [-0.4, -0.2) is 36.6 Å². The molecule has 0 aliphatic carbocycles. The molecule has 0 spiro atoms. The third-order valence-electron chi connectivity index (χ3n) is 3.40. The highest BCUT2D eigenvalue weighted by molar-refractivity contribution is 4.90. The van der Waals surface area contributed by atoms with Crippen LogP contribution in [0.1, 0.15) is 33.6 Å². The molecular weight excluding hydrogens is 186 g/mol. The summed E-state index contributed by atoms with van der Waals surface area (Å²) < 4.78 is 0. The molecule has 0 saturated carbocycles. The first kappa shape index (κ1) is 12.5. The lowest BCUT2D eigenvalue weighted by molar-refractivity contribution is 0.134. The van der Waals surface area contributed by atoms with Crippen LogP contribution in [-0.2, 0) is 0 Å². The van der Waals surface area contributed by atoms with Gasteiger partial charge in [-0.05, 0) is 26.3 Å². The molecule has 2 unspecified atom stereocenters. The summed E-state index contributed by atoms with van der Waals surface area (Å²) in [5, 5.41) is 12.1. The van der Waals surface area contributed by atoms with Crippen LogP contribution in [0.4, 0.5) is 0 Å². The van der Waals surface area contributed by atoms with Gasteiger partial charge in [0.05, 0.1) is 6.07 Å². The molecule has 0 aromatic heterocycles. The summed E-state index contributed by atoms with van der Waals surface area (Å²) in [6.45, 7) is 9.84. The van der Waals surface area contributed by atoms with E-state index in [0.29, 0.717) is 18.5 Å². The summed E-state index contributed by atoms with van der Waals surface area (Å²) >= 11 is 0. The highest BCUT2D eigenvalue weighted by Gasteiger charge is 2.31. The van der Waals surface area contributed by atoms with E-state index in [0.717, 1.165) is 25.6 Å². The zero-order valence-corrected chi connectivity index (χ0v) is 10.2. The topological polar surface area (TPSA) is 39.1 Å². The van der Waals surface area contributed by atoms with Gasteiger partial charge in [-0.15, -0.1) is 0 Å². The minimum atomic E-state index is 0.539. The van der Waals surface area contributed by atoms with Gasteiger partial charge in [0.2, 0.25) is 0 Å². The maximum absolute atomic E-state index is 8.67. The zero-order chi connectivity index (χ0) is 11.3. The van der Waals surface area contributed by atoms with Gasteiger partial charge in [-0.3, -0.25) is 4.90 Å². The summed E-state index contributed by atoms with van der Waals surface area (Å²) in [6, 6.07) is 3.41. The van der Waals surface area contributed by atoms with E-state index in [1.165, 1.54) is 6.42 Å². The second-order valence-electron chi connectivity index (χ2n) is 4.63. The minimum Gasteiger partial charge on any atom is -0.315 e. The molecule has 1 fully saturated rings. The van der Waals surface area contributed by atoms with Crippen LogP contribution in [0.2, 0.25) is 0 Å². The van der Waals surface area contributed by atoms with Crippen molar-refractivity contribution in [3.05, 3.63) is 0 Å². The Labute approximate surface area is 93.5 Å². The number of rotatable bonds is 5. The molecule has 86 valence electrons. The van der Waals surface area contributed by atoms with Crippen LogP contribution in [0.5, 0.6) is 0 Å². The fourth-order valence-corrected chi connectivity index (χ4v) is 2.51. The fourth-order valence-electron chi connectivity index (χ4n) is 2.51. The molecule has 1 saturated heterocycles. The lowest BCUT2D eigenvalue weighted by atomic mass is 9.98. The minimum absolute atomic E-state index is 0.539. The van der Waals surface area contributed by atoms with Crippen molar-refractivity contribution in [2.75, 3.05) is 19.6 Å². The Bertz CT molecular complexity index is 219. The van der Waals surface area contributed by atoms with Crippen LogP contribution in [0, 0.1) is 17.2 Å². The number of nitrogens with zero attached hydrogens (tertiary/aromatic N) is 2. The zero-order valence-electron chi connectivity index (χ0n) is 10.2. The van der Waals surface area contributed by atoms with E-state index in [1.54, 1.807) is 0 Å².